The van der Waals surface area contributed by atoms with Gasteiger partial charge in [0.25, 0.3) is 0 Å². The van der Waals surface area contributed by atoms with E-state index in [2.05, 4.69) is 39.0 Å². The van der Waals surface area contributed by atoms with Gasteiger partial charge in [-0.3, -0.25) is 4.90 Å². The molecular formula is C16H16BrClN2. The maximum absolute atomic E-state index is 6.30. The third kappa shape index (κ3) is 3.00. The summed E-state index contributed by atoms with van der Waals surface area (Å²) < 4.78 is 1.02. The molecule has 2 aromatic rings. The fraction of sp³-hybridized carbons (Fsp3) is 0.250. The lowest BCUT2D eigenvalue weighted by atomic mass is 9.99. The lowest BCUT2D eigenvalue weighted by Crippen LogP contribution is -2.30. The number of anilines is 1. The molecule has 0 aliphatic carbocycles. The number of hydrogen-bond donors (Lipinski definition) is 1. The molecular weight excluding hydrogens is 336 g/mol. The average molecular weight is 352 g/mol. The largest absolute Gasteiger partial charge is 0.399 e. The minimum Gasteiger partial charge on any atom is -0.399 e. The molecule has 3 rings (SSSR count). The standard InChI is InChI=1S/C16H16BrClN2/c17-14-3-1-12(16(18)8-14)9-20-6-5-11-2-4-15(19)7-13(11)10-20/h1-4,7-8H,5-6,9-10,19H2. The van der Waals surface area contributed by atoms with E-state index in [4.69, 9.17) is 17.3 Å². The third-order valence-corrected chi connectivity index (χ3v) is 4.58. The van der Waals surface area contributed by atoms with E-state index in [9.17, 15) is 0 Å². The van der Waals surface area contributed by atoms with Crippen molar-refractivity contribution in [3.8, 4) is 0 Å². The molecule has 0 radical (unpaired) electrons. The third-order valence-electron chi connectivity index (χ3n) is 3.73. The van der Waals surface area contributed by atoms with Gasteiger partial charge in [-0.15, -0.1) is 0 Å². The van der Waals surface area contributed by atoms with E-state index >= 15 is 0 Å². The number of nitrogens with zero attached hydrogens (tertiary/aromatic N) is 1. The van der Waals surface area contributed by atoms with Gasteiger partial charge in [0.15, 0.2) is 0 Å². The lowest BCUT2D eigenvalue weighted by Gasteiger charge is -2.29. The first-order chi connectivity index (χ1) is 9.61. The second-order valence-electron chi connectivity index (χ2n) is 5.22. The van der Waals surface area contributed by atoms with Crippen LogP contribution >= 0.6 is 27.5 Å². The first-order valence-corrected chi connectivity index (χ1v) is 7.82. The average Bonchev–Trinajstić information content (AvgIpc) is 2.41. The highest BCUT2D eigenvalue weighted by Gasteiger charge is 2.17. The Labute approximate surface area is 132 Å². The minimum absolute atomic E-state index is 0.817. The highest BCUT2D eigenvalue weighted by atomic mass is 79.9. The molecule has 0 bridgehead atoms. The Morgan fingerprint density at radius 1 is 1.15 bits per heavy atom. The molecule has 1 aliphatic rings. The molecule has 1 heterocycles. The monoisotopic (exact) mass is 350 g/mol. The fourth-order valence-electron chi connectivity index (χ4n) is 2.66. The van der Waals surface area contributed by atoms with Gasteiger partial charge in [0.05, 0.1) is 0 Å². The van der Waals surface area contributed by atoms with Crippen LogP contribution in [-0.2, 0) is 19.5 Å². The van der Waals surface area contributed by atoms with Crippen molar-refractivity contribution in [3.05, 3.63) is 62.6 Å². The molecule has 0 fully saturated rings. The van der Waals surface area contributed by atoms with Crippen LogP contribution in [0.3, 0.4) is 0 Å². The highest BCUT2D eigenvalue weighted by molar-refractivity contribution is 9.10. The van der Waals surface area contributed by atoms with Crippen molar-refractivity contribution in [2.24, 2.45) is 0 Å². The second kappa shape index (κ2) is 5.76. The van der Waals surface area contributed by atoms with Gasteiger partial charge >= 0.3 is 0 Å². The van der Waals surface area contributed by atoms with Crippen molar-refractivity contribution in [1.82, 2.24) is 4.90 Å². The van der Waals surface area contributed by atoms with Crippen molar-refractivity contribution in [1.29, 1.82) is 0 Å². The Morgan fingerprint density at radius 3 is 2.80 bits per heavy atom. The highest BCUT2D eigenvalue weighted by Crippen LogP contribution is 2.26. The first-order valence-electron chi connectivity index (χ1n) is 6.65. The van der Waals surface area contributed by atoms with Crippen LogP contribution < -0.4 is 5.73 Å². The van der Waals surface area contributed by atoms with Gasteiger partial charge in [0, 0.05) is 34.8 Å². The molecule has 0 unspecified atom stereocenters. The molecule has 0 saturated carbocycles. The Balaban J connectivity index is 1.77. The fourth-order valence-corrected chi connectivity index (χ4v) is 3.39. The zero-order valence-electron chi connectivity index (χ0n) is 11.1. The number of fused-ring (bicyclic) bond motifs is 1. The second-order valence-corrected chi connectivity index (χ2v) is 6.55. The Kier molecular flexibility index (Phi) is 4.01. The molecule has 1 aliphatic heterocycles. The van der Waals surface area contributed by atoms with Gasteiger partial charge < -0.3 is 5.73 Å². The van der Waals surface area contributed by atoms with E-state index in [-0.39, 0.29) is 0 Å². The van der Waals surface area contributed by atoms with Crippen molar-refractivity contribution in [2.75, 3.05) is 12.3 Å². The molecule has 0 atom stereocenters. The van der Waals surface area contributed by atoms with E-state index in [1.165, 1.54) is 16.7 Å². The summed E-state index contributed by atoms with van der Waals surface area (Å²) in [6.07, 6.45) is 1.07. The number of benzene rings is 2. The first kappa shape index (κ1) is 13.9. The van der Waals surface area contributed by atoms with Gasteiger partial charge in [-0.25, -0.2) is 0 Å². The van der Waals surface area contributed by atoms with Crippen LogP contribution in [0.15, 0.2) is 40.9 Å². The number of halogens is 2. The molecule has 0 saturated heterocycles. The summed E-state index contributed by atoms with van der Waals surface area (Å²) in [7, 11) is 0. The van der Waals surface area contributed by atoms with Crippen LogP contribution in [0.5, 0.6) is 0 Å². The normalized spacial score (nSPS) is 15.1. The Hall–Kier alpha value is -1.03. The van der Waals surface area contributed by atoms with Crippen LogP contribution in [0, 0.1) is 0 Å². The predicted octanol–water partition coefficient (Wildman–Crippen LogP) is 4.24. The van der Waals surface area contributed by atoms with E-state index < -0.39 is 0 Å². The number of nitrogen functional groups attached to an aromatic ring is 1. The van der Waals surface area contributed by atoms with Gasteiger partial charge in [0.1, 0.15) is 0 Å². The zero-order chi connectivity index (χ0) is 14.1. The zero-order valence-corrected chi connectivity index (χ0v) is 13.4. The van der Waals surface area contributed by atoms with Gasteiger partial charge in [-0.2, -0.15) is 0 Å². The van der Waals surface area contributed by atoms with Crippen LogP contribution in [0.2, 0.25) is 5.02 Å². The molecule has 4 heteroatoms. The van der Waals surface area contributed by atoms with Crippen LogP contribution in [0.4, 0.5) is 5.69 Å². The van der Waals surface area contributed by atoms with E-state index in [0.29, 0.717) is 0 Å². The maximum Gasteiger partial charge on any atom is 0.0462 e. The van der Waals surface area contributed by atoms with Crippen LogP contribution in [-0.4, -0.2) is 11.4 Å². The summed E-state index contributed by atoms with van der Waals surface area (Å²) in [6.45, 7) is 2.87. The number of hydrogen-bond acceptors (Lipinski definition) is 2. The molecule has 2 N–H and O–H groups in total. The maximum atomic E-state index is 6.30. The summed E-state index contributed by atoms with van der Waals surface area (Å²) in [5.74, 6) is 0. The predicted molar refractivity (Wildman–Crippen MR) is 87.8 cm³/mol. The van der Waals surface area contributed by atoms with E-state index in [1.54, 1.807) is 0 Å². The van der Waals surface area contributed by atoms with Gasteiger partial charge in [-0.05, 0) is 47.4 Å². The molecule has 0 amide bonds. The van der Waals surface area contributed by atoms with Crippen LogP contribution in [0.25, 0.3) is 0 Å². The van der Waals surface area contributed by atoms with E-state index in [0.717, 1.165) is 41.2 Å². The van der Waals surface area contributed by atoms with Gasteiger partial charge in [-0.1, -0.05) is 39.7 Å². The summed E-state index contributed by atoms with van der Waals surface area (Å²) in [5, 5.41) is 0.817. The van der Waals surface area contributed by atoms with Gasteiger partial charge in [0.2, 0.25) is 0 Å². The number of nitrogens with two attached hydrogens (primary N) is 1. The molecule has 0 spiro atoms. The van der Waals surface area contributed by atoms with Crippen molar-refractivity contribution >= 4 is 33.2 Å². The number of rotatable bonds is 2. The summed E-state index contributed by atoms with van der Waals surface area (Å²) in [6, 6.07) is 12.3. The summed E-state index contributed by atoms with van der Waals surface area (Å²) in [4.78, 5) is 2.41. The molecule has 20 heavy (non-hydrogen) atoms. The molecule has 2 nitrogen and oxygen atoms in total. The summed E-state index contributed by atoms with van der Waals surface area (Å²) in [5.41, 5.74) is 10.6. The van der Waals surface area contributed by atoms with E-state index in [1.807, 2.05) is 18.2 Å². The Morgan fingerprint density at radius 2 is 2.00 bits per heavy atom. The molecule has 104 valence electrons. The van der Waals surface area contributed by atoms with Crippen LogP contribution in [0.1, 0.15) is 16.7 Å². The minimum atomic E-state index is 0.817. The quantitative estimate of drug-likeness (QED) is 0.820. The van der Waals surface area contributed by atoms with Crippen molar-refractivity contribution < 1.29 is 0 Å². The molecule has 0 aromatic heterocycles. The smallest absolute Gasteiger partial charge is 0.0462 e. The molecule has 2 aromatic carbocycles. The SMILES string of the molecule is Nc1ccc2c(c1)CN(Cc1ccc(Br)cc1Cl)CC2. The van der Waals surface area contributed by atoms with Crippen molar-refractivity contribution in [3.63, 3.8) is 0 Å². The summed E-state index contributed by atoms with van der Waals surface area (Å²) >= 11 is 9.74. The van der Waals surface area contributed by atoms with Crippen molar-refractivity contribution in [2.45, 2.75) is 19.5 Å². The Bertz CT molecular complexity index is 642. The topological polar surface area (TPSA) is 29.3 Å². The lowest BCUT2D eigenvalue weighted by molar-refractivity contribution is 0.245.